The first-order valence-corrected chi connectivity index (χ1v) is 6.55. The van der Waals surface area contributed by atoms with Crippen LogP contribution in [0.25, 0.3) is 0 Å². The zero-order valence-electron chi connectivity index (χ0n) is 11.3. The maximum absolute atomic E-state index is 5.66. The van der Waals surface area contributed by atoms with E-state index in [1.54, 1.807) is 0 Å². The van der Waals surface area contributed by atoms with Crippen molar-refractivity contribution in [3.63, 3.8) is 0 Å². The molecule has 90 valence electrons. The molecule has 0 N–H and O–H groups in total. The van der Waals surface area contributed by atoms with Crippen molar-refractivity contribution >= 4 is 26.9 Å². The molecule has 0 amide bonds. The summed E-state index contributed by atoms with van der Waals surface area (Å²) in [6.45, 7) is 6.57. The lowest BCUT2D eigenvalue weighted by molar-refractivity contribution is 0.300. The van der Waals surface area contributed by atoms with Gasteiger partial charge in [-0.15, -0.1) is 0 Å². The average molecular weight is 229 g/mol. The Morgan fingerprint density at radius 3 is 2.29 bits per heavy atom. The van der Waals surface area contributed by atoms with Crippen molar-refractivity contribution in [1.29, 1.82) is 0 Å². The van der Waals surface area contributed by atoms with Crippen LogP contribution in [-0.4, -0.2) is 20.7 Å². The highest BCUT2D eigenvalue weighted by Crippen LogP contribution is 2.32. The zero-order valence-corrected chi connectivity index (χ0v) is 11.3. The van der Waals surface area contributed by atoms with E-state index in [2.05, 4.69) is 25.8 Å². The molecule has 1 unspecified atom stereocenters. The minimum atomic E-state index is -0.0321. The second-order valence-electron chi connectivity index (χ2n) is 5.04. The van der Waals surface area contributed by atoms with Crippen molar-refractivity contribution in [2.24, 2.45) is 0 Å². The smallest absolute Gasteiger partial charge is 0.198 e. The highest BCUT2D eigenvalue weighted by atomic mass is 16.4. The molecule has 0 aliphatic heterocycles. The topological polar surface area (TPSA) is 26.0 Å². The third-order valence-electron chi connectivity index (χ3n) is 3.33. The molecule has 1 aromatic heterocycles. The van der Waals surface area contributed by atoms with E-state index in [0.717, 1.165) is 19.3 Å². The highest BCUT2D eigenvalue weighted by molar-refractivity contribution is 6.45. The first-order valence-electron chi connectivity index (χ1n) is 6.55. The summed E-state index contributed by atoms with van der Waals surface area (Å²) in [6, 6.07) is 0. The van der Waals surface area contributed by atoms with Gasteiger partial charge in [-0.05, 0) is 12.8 Å². The number of oxazole rings is 1. The fourth-order valence-electron chi connectivity index (χ4n) is 2.26. The van der Waals surface area contributed by atoms with Gasteiger partial charge < -0.3 is 4.42 Å². The zero-order chi connectivity index (χ0) is 12.9. The van der Waals surface area contributed by atoms with E-state index in [1.807, 2.05) is 0 Å². The fourth-order valence-corrected chi connectivity index (χ4v) is 2.26. The Kier molecular flexibility index (Phi) is 5.35. The van der Waals surface area contributed by atoms with Gasteiger partial charge in [0.1, 0.15) is 7.85 Å². The number of nitrogens with zero attached hydrogens (tertiary/aromatic N) is 1. The maximum Gasteiger partial charge on any atom is 0.198 e. The number of hydrogen-bond acceptors (Lipinski definition) is 2. The highest BCUT2D eigenvalue weighted by Gasteiger charge is 2.30. The molecular formula is C13H21B2NO. The standard InChI is InChI=1S/C13H21B2NO/c1-4-6-7-9-13(3,8-5-2)12-16-10(14)11(15)17-12/h4-9H2,1-3H3. The van der Waals surface area contributed by atoms with Crippen molar-refractivity contribution in [3.05, 3.63) is 5.89 Å². The van der Waals surface area contributed by atoms with Crippen LogP contribution in [0.3, 0.4) is 0 Å². The van der Waals surface area contributed by atoms with Gasteiger partial charge in [0.15, 0.2) is 13.7 Å². The van der Waals surface area contributed by atoms with Crippen molar-refractivity contribution in [2.45, 2.75) is 64.7 Å². The van der Waals surface area contributed by atoms with Gasteiger partial charge in [-0.1, -0.05) is 46.5 Å². The third-order valence-corrected chi connectivity index (χ3v) is 3.33. The minimum Gasteiger partial charge on any atom is -0.458 e. The van der Waals surface area contributed by atoms with E-state index < -0.39 is 0 Å². The molecule has 0 spiro atoms. The van der Waals surface area contributed by atoms with Gasteiger partial charge >= 0.3 is 0 Å². The van der Waals surface area contributed by atoms with Gasteiger partial charge in [0.05, 0.1) is 5.66 Å². The summed E-state index contributed by atoms with van der Waals surface area (Å²) in [5.41, 5.74) is 0.533. The molecule has 17 heavy (non-hydrogen) atoms. The molecule has 0 saturated carbocycles. The third kappa shape index (κ3) is 3.65. The summed E-state index contributed by atoms with van der Waals surface area (Å²) in [5, 5.41) is 0. The minimum absolute atomic E-state index is 0.0321. The molecule has 0 aliphatic rings. The van der Waals surface area contributed by atoms with E-state index in [1.165, 1.54) is 19.3 Å². The normalized spacial score (nSPS) is 14.8. The summed E-state index contributed by atoms with van der Waals surface area (Å²) in [6.07, 6.45) is 6.88. The summed E-state index contributed by atoms with van der Waals surface area (Å²) in [5.74, 6) is 0.699. The van der Waals surface area contributed by atoms with Gasteiger partial charge in [-0.25, -0.2) is 4.98 Å². The van der Waals surface area contributed by atoms with E-state index in [-0.39, 0.29) is 11.1 Å². The second kappa shape index (κ2) is 6.32. The van der Waals surface area contributed by atoms with Crippen LogP contribution in [0.5, 0.6) is 0 Å². The van der Waals surface area contributed by atoms with Crippen LogP contribution in [0.15, 0.2) is 4.42 Å². The van der Waals surface area contributed by atoms with E-state index in [0.29, 0.717) is 11.5 Å². The fraction of sp³-hybridized carbons (Fsp3) is 0.769. The average Bonchev–Trinajstić information content (AvgIpc) is 2.61. The molecule has 1 atom stereocenters. The first-order chi connectivity index (χ1) is 8.03. The van der Waals surface area contributed by atoms with Gasteiger partial charge in [-0.2, -0.15) is 0 Å². The molecule has 4 heteroatoms. The van der Waals surface area contributed by atoms with Gasteiger partial charge in [0.25, 0.3) is 0 Å². The summed E-state index contributed by atoms with van der Waals surface area (Å²) in [4.78, 5) is 4.27. The van der Waals surface area contributed by atoms with Gasteiger partial charge in [-0.3, -0.25) is 0 Å². The lowest BCUT2D eigenvalue weighted by Crippen LogP contribution is -2.24. The summed E-state index contributed by atoms with van der Waals surface area (Å²) in [7, 11) is 11.3. The number of hydrogen-bond donors (Lipinski definition) is 0. The SMILES string of the molecule is [B]c1nc(C(C)(CCC)CCCCC)oc1[B]. The lowest BCUT2D eigenvalue weighted by atomic mass is 9.80. The van der Waals surface area contributed by atoms with Crippen LogP contribution >= 0.6 is 0 Å². The monoisotopic (exact) mass is 229 g/mol. The number of rotatable bonds is 7. The van der Waals surface area contributed by atoms with Crippen molar-refractivity contribution < 1.29 is 4.42 Å². The van der Waals surface area contributed by atoms with Crippen LogP contribution < -0.4 is 11.3 Å². The maximum atomic E-state index is 5.66. The van der Waals surface area contributed by atoms with Crippen LogP contribution in [0, 0.1) is 0 Å². The molecule has 0 aliphatic carbocycles. The first kappa shape index (κ1) is 14.4. The Morgan fingerprint density at radius 1 is 1.12 bits per heavy atom. The van der Waals surface area contributed by atoms with Gasteiger partial charge in [0, 0.05) is 11.0 Å². The van der Waals surface area contributed by atoms with E-state index in [4.69, 9.17) is 20.1 Å². The number of aromatic nitrogens is 1. The molecule has 2 nitrogen and oxygen atoms in total. The van der Waals surface area contributed by atoms with Crippen molar-refractivity contribution in [1.82, 2.24) is 4.98 Å². The molecule has 0 fully saturated rings. The molecule has 1 rings (SSSR count). The summed E-state index contributed by atoms with van der Waals surface area (Å²) >= 11 is 0. The quantitative estimate of drug-likeness (QED) is 0.527. The largest absolute Gasteiger partial charge is 0.458 e. The molecule has 0 saturated heterocycles. The Balaban J connectivity index is 2.82. The Bertz CT molecular complexity index is 332. The van der Waals surface area contributed by atoms with Crippen LogP contribution in [-0.2, 0) is 5.41 Å². The van der Waals surface area contributed by atoms with Crippen LogP contribution in [0.1, 0.15) is 65.2 Å². The van der Waals surface area contributed by atoms with Crippen LogP contribution in [0.2, 0.25) is 0 Å². The molecule has 0 bridgehead atoms. The van der Waals surface area contributed by atoms with Gasteiger partial charge in [0.2, 0.25) is 0 Å². The number of unbranched alkanes of at least 4 members (excludes halogenated alkanes) is 2. The molecule has 1 heterocycles. The molecule has 1 aromatic rings. The Hall–Kier alpha value is -0.660. The molecular weight excluding hydrogens is 208 g/mol. The predicted molar refractivity (Wildman–Crippen MR) is 73.7 cm³/mol. The van der Waals surface area contributed by atoms with E-state index in [9.17, 15) is 0 Å². The Morgan fingerprint density at radius 2 is 1.82 bits per heavy atom. The van der Waals surface area contributed by atoms with E-state index >= 15 is 0 Å². The van der Waals surface area contributed by atoms with Crippen molar-refractivity contribution in [2.75, 3.05) is 0 Å². The Labute approximate surface area is 107 Å². The van der Waals surface area contributed by atoms with Crippen molar-refractivity contribution in [3.8, 4) is 0 Å². The molecule has 0 aromatic carbocycles. The second-order valence-corrected chi connectivity index (χ2v) is 5.04. The predicted octanol–water partition coefficient (Wildman–Crippen LogP) is 1.90. The summed E-state index contributed by atoms with van der Waals surface area (Å²) < 4.78 is 5.50. The molecule has 4 radical (unpaired) electrons. The lowest BCUT2D eigenvalue weighted by Gasteiger charge is -2.25. The van der Waals surface area contributed by atoms with Crippen LogP contribution in [0.4, 0.5) is 0 Å².